The quantitative estimate of drug-likeness (QED) is 0.165. The molecule has 10 aromatic carbocycles. The van der Waals surface area contributed by atoms with Crippen molar-refractivity contribution in [2.75, 3.05) is 9.80 Å². The van der Waals surface area contributed by atoms with E-state index in [1.54, 1.807) is 0 Å². The highest BCUT2D eigenvalue weighted by molar-refractivity contribution is 6.11. The van der Waals surface area contributed by atoms with Crippen LogP contribution in [-0.4, -0.2) is 0 Å². The Balaban J connectivity index is 1.13. The highest BCUT2D eigenvalue weighted by Crippen LogP contribution is 2.67. The predicted molar refractivity (Wildman–Crippen MR) is 267 cm³/mol. The first kappa shape index (κ1) is 36.7. The molecule has 302 valence electrons. The van der Waals surface area contributed by atoms with E-state index in [1.165, 1.54) is 88.9 Å². The smallest absolute Gasteiger partial charge is 0.0732 e. The summed E-state index contributed by atoms with van der Waals surface area (Å²) in [7, 11) is 0. The molecule has 64 heavy (non-hydrogen) atoms. The van der Waals surface area contributed by atoms with Crippen molar-refractivity contribution in [1.82, 2.24) is 0 Å². The van der Waals surface area contributed by atoms with Crippen LogP contribution in [0.25, 0.3) is 44.2 Å². The highest BCUT2D eigenvalue weighted by atomic mass is 15.2. The standard InChI is InChI=1S/C62H44N2/c1-61(2)50-33-17-15-31-47(50)58-53(61)36-20-38-55(58)64(43-26-10-5-11-27-43)56-39-21-37-54-59(56)48-32-16-19-35-52(48)62(54)51-34-18-14-28-44(51)49-40-57(45-29-12-13-30-46(45)60(49)62)63(41-22-6-3-7-23-41)42-24-8-4-9-25-42/h3-40H,1-2H3. The Hall–Kier alpha value is -7.94. The zero-order valence-electron chi connectivity index (χ0n) is 35.8. The van der Waals surface area contributed by atoms with E-state index in [-0.39, 0.29) is 5.41 Å². The fourth-order valence-electron chi connectivity index (χ4n) is 11.9. The number of anilines is 6. The van der Waals surface area contributed by atoms with Crippen molar-refractivity contribution in [3.63, 3.8) is 0 Å². The summed E-state index contributed by atoms with van der Waals surface area (Å²) < 4.78 is 0. The molecule has 3 aliphatic carbocycles. The average Bonchev–Trinajstić information content (AvgIpc) is 3.92. The first-order chi connectivity index (χ1) is 31.6. The van der Waals surface area contributed by atoms with E-state index in [9.17, 15) is 0 Å². The number of para-hydroxylation sites is 3. The van der Waals surface area contributed by atoms with E-state index in [1.807, 2.05) is 0 Å². The third-order valence-electron chi connectivity index (χ3n) is 14.4. The van der Waals surface area contributed by atoms with E-state index in [2.05, 4.69) is 254 Å². The fraction of sp³-hybridized carbons (Fsp3) is 0.0645. The van der Waals surface area contributed by atoms with Gasteiger partial charge in [-0.3, -0.25) is 0 Å². The maximum Gasteiger partial charge on any atom is 0.0732 e. The second-order valence-electron chi connectivity index (χ2n) is 18.0. The molecule has 2 heteroatoms. The van der Waals surface area contributed by atoms with Gasteiger partial charge in [-0.1, -0.05) is 190 Å². The van der Waals surface area contributed by atoms with Gasteiger partial charge in [-0.2, -0.15) is 0 Å². The lowest BCUT2D eigenvalue weighted by Gasteiger charge is -2.34. The molecular formula is C62H44N2. The summed E-state index contributed by atoms with van der Waals surface area (Å²) in [6.07, 6.45) is 0. The van der Waals surface area contributed by atoms with Crippen LogP contribution in [0, 0.1) is 0 Å². The molecule has 0 bridgehead atoms. The molecular weight excluding hydrogens is 773 g/mol. The van der Waals surface area contributed by atoms with Gasteiger partial charge in [0.15, 0.2) is 0 Å². The zero-order chi connectivity index (χ0) is 42.6. The number of benzene rings is 10. The molecule has 13 rings (SSSR count). The summed E-state index contributed by atoms with van der Waals surface area (Å²) in [5.74, 6) is 0. The van der Waals surface area contributed by atoms with Crippen LogP contribution >= 0.6 is 0 Å². The fourth-order valence-corrected chi connectivity index (χ4v) is 11.9. The molecule has 1 spiro atoms. The first-order valence-corrected chi connectivity index (χ1v) is 22.4. The summed E-state index contributed by atoms with van der Waals surface area (Å²) in [5.41, 5.74) is 22.0. The van der Waals surface area contributed by atoms with Gasteiger partial charge < -0.3 is 9.80 Å². The normalized spacial score (nSPS) is 15.5. The van der Waals surface area contributed by atoms with Gasteiger partial charge in [-0.15, -0.1) is 0 Å². The molecule has 0 radical (unpaired) electrons. The molecule has 0 fully saturated rings. The molecule has 2 nitrogen and oxygen atoms in total. The molecule has 0 amide bonds. The van der Waals surface area contributed by atoms with E-state index in [0.29, 0.717) is 0 Å². The monoisotopic (exact) mass is 816 g/mol. The van der Waals surface area contributed by atoms with Gasteiger partial charge in [0, 0.05) is 39.0 Å². The maximum atomic E-state index is 2.55. The van der Waals surface area contributed by atoms with Crippen LogP contribution in [0.15, 0.2) is 231 Å². The lowest BCUT2D eigenvalue weighted by molar-refractivity contribution is 0.660. The lowest BCUT2D eigenvalue weighted by atomic mass is 9.69. The van der Waals surface area contributed by atoms with Crippen molar-refractivity contribution < 1.29 is 0 Å². The van der Waals surface area contributed by atoms with Crippen LogP contribution < -0.4 is 9.80 Å². The van der Waals surface area contributed by atoms with Crippen molar-refractivity contribution in [3.8, 4) is 33.4 Å². The van der Waals surface area contributed by atoms with E-state index in [4.69, 9.17) is 0 Å². The molecule has 1 atom stereocenters. The molecule has 10 aromatic rings. The van der Waals surface area contributed by atoms with E-state index >= 15 is 0 Å². The molecule has 1 unspecified atom stereocenters. The van der Waals surface area contributed by atoms with Crippen LogP contribution in [0.2, 0.25) is 0 Å². The van der Waals surface area contributed by atoms with Crippen LogP contribution in [0.4, 0.5) is 34.1 Å². The summed E-state index contributed by atoms with van der Waals surface area (Å²) >= 11 is 0. The molecule has 0 aromatic heterocycles. The van der Waals surface area contributed by atoms with Gasteiger partial charge in [-0.05, 0) is 116 Å². The van der Waals surface area contributed by atoms with Gasteiger partial charge in [-0.25, -0.2) is 0 Å². The van der Waals surface area contributed by atoms with E-state index < -0.39 is 5.41 Å². The zero-order valence-corrected chi connectivity index (χ0v) is 35.8. The van der Waals surface area contributed by atoms with Crippen LogP contribution in [0.1, 0.15) is 47.2 Å². The summed E-state index contributed by atoms with van der Waals surface area (Å²) in [4.78, 5) is 4.98. The molecule has 0 saturated heterocycles. The Bertz CT molecular complexity index is 3440. The minimum atomic E-state index is -0.577. The van der Waals surface area contributed by atoms with Gasteiger partial charge in [0.1, 0.15) is 0 Å². The predicted octanol–water partition coefficient (Wildman–Crippen LogP) is 16.4. The SMILES string of the molecule is CC1(C)c2ccccc2-c2c(N(c3ccccc3)c3cccc4c3-c3ccccc3C43c4ccccc4-c4cc(N(c5ccccc5)c5ccccc5)c5ccccc5c43)cccc21. The van der Waals surface area contributed by atoms with Crippen LogP contribution in [-0.2, 0) is 10.8 Å². The third-order valence-corrected chi connectivity index (χ3v) is 14.4. The molecule has 0 heterocycles. The minimum absolute atomic E-state index is 0.132. The van der Waals surface area contributed by atoms with Crippen LogP contribution in [0.3, 0.4) is 0 Å². The van der Waals surface area contributed by atoms with E-state index in [0.717, 1.165) is 22.7 Å². The molecule has 0 aliphatic heterocycles. The largest absolute Gasteiger partial charge is 0.310 e. The van der Waals surface area contributed by atoms with Gasteiger partial charge >= 0.3 is 0 Å². The summed E-state index contributed by atoms with van der Waals surface area (Å²) in [5, 5.41) is 2.48. The average molecular weight is 817 g/mol. The summed E-state index contributed by atoms with van der Waals surface area (Å²) in [6.45, 7) is 4.75. The van der Waals surface area contributed by atoms with Gasteiger partial charge in [0.2, 0.25) is 0 Å². The Morgan fingerprint density at radius 1 is 0.297 bits per heavy atom. The Labute approximate surface area is 375 Å². The van der Waals surface area contributed by atoms with Gasteiger partial charge in [0.05, 0.1) is 22.5 Å². The van der Waals surface area contributed by atoms with Crippen molar-refractivity contribution in [3.05, 3.63) is 264 Å². The van der Waals surface area contributed by atoms with Crippen molar-refractivity contribution in [2.24, 2.45) is 0 Å². The van der Waals surface area contributed by atoms with Crippen molar-refractivity contribution >= 4 is 44.9 Å². The Morgan fingerprint density at radius 3 is 1.33 bits per heavy atom. The number of fused-ring (bicyclic) bond motifs is 15. The molecule has 0 saturated carbocycles. The second-order valence-corrected chi connectivity index (χ2v) is 18.0. The van der Waals surface area contributed by atoms with Crippen LogP contribution in [0.5, 0.6) is 0 Å². The number of hydrogen-bond acceptors (Lipinski definition) is 2. The van der Waals surface area contributed by atoms with Crippen molar-refractivity contribution in [1.29, 1.82) is 0 Å². The third kappa shape index (κ3) is 4.91. The van der Waals surface area contributed by atoms with Crippen molar-refractivity contribution in [2.45, 2.75) is 24.7 Å². The lowest BCUT2D eigenvalue weighted by Crippen LogP contribution is -2.26. The summed E-state index contributed by atoms with van der Waals surface area (Å²) in [6, 6.07) is 85.7. The first-order valence-electron chi connectivity index (χ1n) is 22.4. The second kappa shape index (κ2) is 13.8. The number of nitrogens with zero attached hydrogens (tertiary/aromatic N) is 2. The Kier molecular flexibility index (Phi) is 7.90. The number of hydrogen-bond donors (Lipinski definition) is 0. The molecule has 0 N–H and O–H groups in total. The minimum Gasteiger partial charge on any atom is -0.310 e. The topological polar surface area (TPSA) is 6.48 Å². The highest BCUT2D eigenvalue weighted by Gasteiger charge is 2.54. The van der Waals surface area contributed by atoms with Gasteiger partial charge in [0.25, 0.3) is 0 Å². The maximum absolute atomic E-state index is 2.55. The Morgan fingerprint density at radius 2 is 0.719 bits per heavy atom. The molecule has 3 aliphatic rings. The number of rotatable bonds is 6.